The van der Waals surface area contributed by atoms with E-state index >= 15 is 0 Å². The lowest BCUT2D eigenvalue weighted by Crippen LogP contribution is -2.38. The summed E-state index contributed by atoms with van der Waals surface area (Å²) >= 11 is 0. The average molecular weight is 233 g/mol. The Morgan fingerprint density at radius 3 is 2.53 bits per heavy atom. The molecule has 2 aliphatic rings. The highest BCUT2D eigenvalue weighted by atomic mass is 19.1. The van der Waals surface area contributed by atoms with Crippen molar-refractivity contribution in [2.45, 2.75) is 31.7 Å². The maximum Gasteiger partial charge on any atom is 0.251 e. The fourth-order valence-electron chi connectivity index (χ4n) is 3.27. The molecule has 2 bridgehead atoms. The zero-order valence-electron chi connectivity index (χ0n) is 9.66. The molecular formula is C14H16FNO. The molecule has 0 unspecified atom stereocenters. The largest absolute Gasteiger partial charge is 0.349 e. The highest BCUT2D eigenvalue weighted by Gasteiger charge is 2.40. The van der Waals surface area contributed by atoms with Crippen LogP contribution < -0.4 is 5.32 Å². The molecule has 2 aliphatic carbocycles. The molecule has 0 spiro atoms. The Balaban J connectivity index is 1.65. The minimum atomic E-state index is -0.304. The fraction of sp³-hybridized carbons (Fsp3) is 0.500. The van der Waals surface area contributed by atoms with Gasteiger partial charge in [-0.15, -0.1) is 0 Å². The van der Waals surface area contributed by atoms with E-state index in [2.05, 4.69) is 5.32 Å². The van der Waals surface area contributed by atoms with Gasteiger partial charge in [0.25, 0.3) is 5.91 Å². The lowest BCUT2D eigenvalue weighted by Gasteiger charge is -2.22. The minimum absolute atomic E-state index is 0.0671. The van der Waals surface area contributed by atoms with Gasteiger partial charge in [-0.05, 0) is 55.4 Å². The molecule has 2 fully saturated rings. The summed E-state index contributed by atoms with van der Waals surface area (Å²) in [7, 11) is 0. The molecule has 3 atom stereocenters. The number of benzene rings is 1. The van der Waals surface area contributed by atoms with Gasteiger partial charge in [-0.2, -0.15) is 0 Å². The maximum absolute atomic E-state index is 12.7. The maximum atomic E-state index is 12.7. The van der Waals surface area contributed by atoms with E-state index in [1.807, 2.05) is 0 Å². The Morgan fingerprint density at radius 2 is 1.94 bits per heavy atom. The van der Waals surface area contributed by atoms with Gasteiger partial charge in [-0.1, -0.05) is 6.42 Å². The first kappa shape index (κ1) is 10.8. The van der Waals surface area contributed by atoms with Crippen molar-refractivity contribution < 1.29 is 9.18 Å². The van der Waals surface area contributed by atoms with E-state index in [-0.39, 0.29) is 11.7 Å². The summed E-state index contributed by atoms with van der Waals surface area (Å²) in [5.41, 5.74) is 0.550. The molecule has 0 aromatic heterocycles. The second-order valence-corrected chi connectivity index (χ2v) is 5.26. The second kappa shape index (κ2) is 4.13. The van der Waals surface area contributed by atoms with Crippen molar-refractivity contribution >= 4 is 5.91 Å². The molecule has 3 rings (SSSR count). The first-order chi connectivity index (χ1) is 8.22. The van der Waals surface area contributed by atoms with Gasteiger partial charge in [-0.3, -0.25) is 4.79 Å². The number of carbonyl (C=O) groups is 1. The molecule has 0 heterocycles. The summed E-state index contributed by atoms with van der Waals surface area (Å²) < 4.78 is 12.7. The van der Waals surface area contributed by atoms with Gasteiger partial charge in [0.2, 0.25) is 0 Å². The Labute approximate surface area is 100 Å². The van der Waals surface area contributed by atoms with Crippen LogP contribution in [0.3, 0.4) is 0 Å². The first-order valence-corrected chi connectivity index (χ1v) is 6.29. The normalized spacial score (nSPS) is 30.5. The molecular weight excluding hydrogens is 217 g/mol. The number of nitrogens with one attached hydrogen (secondary N) is 1. The second-order valence-electron chi connectivity index (χ2n) is 5.26. The molecule has 0 radical (unpaired) electrons. The summed E-state index contributed by atoms with van der Waals surface area (Å²) in [6, 6.07) is 6.08. The molecule has 0 aliphatic heterocycles. The van der Waals surface area contributed by atoms with Gasteiger partial charge in [0.1, 0.15) is 5.82 Å². The predicted octanol–water partition coefficient (Wildman–Crippen LogP) is 2.74. The molecule has 3 heteroatoms. The molecule has 2 saturated carbocycles. The number of fused-ring (bicyclic) bond motifs is 2. The number of hydrogen-bond donors (Lipinski definition) is 1. The number of amides is 1. The van der Waals surface area contributed by atoms with Crippen molar-refractivity contribution in [3.8, 4) is 0 Å². The van der Waals surface area contributed by atoms with Crippen molar-refractivity contribution in [1.29, 1.82) is 0 Å². The van der Waals surface area contributed by atoms with Crippen LogP contribution in [-0.4, -0.2) is 11.9 Å². The number of carbonyl (C=O) groups excluding carboxylic acids is 1. The monoisotopic (exact) mass is 233 g/mol. The molecule has 17 heavy (non-hydrogen) atoms. The number of rotatable bonds is 2. The van der Waals surface area contributed by atoms with Gasteiger partial charge >= 0.3 is 0 Å². The first-order valence-electron chi connectivity index (χ1n) is 6.29. The van der Waals surface area contributed by atoms with Crippen LogP contribution in [0.25, 0.3) is 0 Å². The van der Waals surface area contributed by atoms with Crippen LogP contribution >= 0.6 is 0 Å². The number of halogens is 1. The molecule has 1 aromatic carbocycles. The van der Waals surface area contributed by atoms with Crippen molar-refractivity contribution in [2.75, 3.05) is 0 Å². The van der Waals surface area contributed by atoms with Crippen LogP contribution in [0.4, 0.5) is 4.39 Å². The molecule has 1 aromatic rings. The molecule has 90 valence electrons. The van der Waals surface area contributed by atoms with Gasteiger partial charge in [-0.25, -0.2) is 4.39 Å². The van der Waals surface area contributed by atoms with Crippen molar-refractivity contribution in [3.63, 3.8) is 0 Å². The molecule has 2 nitrogen and oxygen atoms in total. The van der Waals surface area contributed by atoms with Gasteiger partial charge < -0.3 is 5.32 Å². The quantitative estimate of drug-likeness (QED) is 0.836. The smallest absolute Gasteiger partial charge is 0.251 e. The lowest BCUT2D eigenvalue weighted by atomic mass is 9.95. The Morgan fingerprint density at radius 1 is 1.18 bits per heavy atom. The Kier molecular flexibility index (Phi) is 2.61. The van der Waals surface area contributed by atoms with E-state index < -0.39 is 0 Å². The van der Waals surface area contributed by atoms with E-state index in [1.165, 1.54) is 43.5 Å². The standard InChI is InChI=1S/C14H16FNO/c15-12-5-3-10(4-6-12)14(17)16-13-8-9-1-2-11(13)7-9/h3-6,9,11,13H,1-2,7-8H2,(H,16,17)/t9-,11+,13-/m1/s1. The predicted molar refractivity (Wildman–Crippen MR) is 63.1 cm³/mol. The van der Waals surface area contributed by atoms with E-state index in [1.54, 1.807) is 0 Å². The average Bonchev–Trinajstić information content (AvgIpc) is 2.91. The third kappa shape index (κ3) is 2.06. The number of hydrogen-bond acceptors (Lipinski definition) is 1. The zero-order valence-corrected chi connectivity index (χ0v) is 9.66. The minimum Gasteiger partial charge on any atom is -0.349 e. The van der Waals surface area contributed by atoms with E-state index in [0.717, 1.165) is 12.3 Å². The molecule has 1 amide bonds. The van der Waals surface area contributed by atoms with Crippen molar-refractivity contribution in [2.24, 2.45) is 11.8 Å². The molecule has 1 N–H and O–H groups in total. The summed E-state index contributed by atoms with van der Waals surface area (Å²) in [6.07, 6.45) is 4.97. The van der Waals surface area contributed by atoms with E-state index in [9.17, 15) is 9.18 Å². The summed E-state index contributed by atoms with van der Waals surface area (Å²) in [4.78, 5) is 12.0. The summed E-state index contributed by atoms with van der Waals surface area (Å²) in [5.74, 6) is 1.12. The van der Waals surface area contributed by atoms with E-state index in [0.29, 0.717) is 17.5 Å². The van der Waals surface area contributed by atoms with Gasteiger partial charge in [0.05, 0.1) is 0 Å². The molecule has 0 saturated heterocycles. The lowest BCUT2D eigenvalue weighted by molar-refractivity contribution is 0.0923. The van der Waals surface area contributed by atoms with Crippen LogP contribution in [0, 0.1) is 17.7 Å². The van der Waals surface area contributed by atoms with Crippen LogP contribution in [0.5, 0.6) is 0 Å². The zero-order chi connectivity index (χ0) is 11.8. The van der Waals surface area contributed by atoms with E-state index in [4.69, 9.17) is 0 Å². The summed E-state index contributed by atoms with van der Waals surface area (Å²) in [5, 5.41) is 3.08. The highest BCUT2D eigenvalue weighted by molar-refractivity contribution is 5.94. The third-order valence-electron chi connectivity index (χ3n) is 4.16. The topological polar surface area (TPSA) is 29.1 Å². The van der Waals surface area contributed by atoms with Crippen LogP contribution in [0.2, 0.25) is 0 Å². The fourth-order valence-corrected chi connectivity index (χ4v) is 3.27. The van der Waals surface area contributed by atoms with Crippen LogP contribution in [0.1, 0.15) is 36.0 Å². The third-order valence-corrected chi connectivity index (χ3v) is 4.16. The highest BCUT2D eigenvalue weighted by Crippen LogP contribution is 2.44. The Hall–Kier alpha value is -1.38. The summed E-state index contributed by atoms with van der Waals surface area (Å²) in [6.45, 7) is 0. The SMILES string of the molecule is O=C(N[C@@H]1C[C@@H]2CC[C@H]1C2)c1ccc(F)cc1. The Bertz CT molecular complexity index is 428. The van der Waals surface area contributed by atoms with Crippen LogP contribution in [0.15, 0.2) is 24.3 Å². The van der Waals surface area contributed by atoms with Gasteiger partial charge in [0.15, 0.2) is 0 Å². The van der Waals surface area contributed by atoms with Crippen molar-refractivity contribution in [3.05, 3.63) is 35.6 Å². The van der Waals surface area contributed by atoms with Gasteiger partial charge in [0, 0.05) is 11.6 Å². The van der Waals surface area contributed by atoms with Crippen molar-refractivity contribution in [1.82, 2.24) is 5.32 Å². The van der Waals surface area contributed by atoms with Crippen LogP contribution in [-0.2, 0) is 0 Å².